The highest BCUT2D eigenvalue weighted by Gasteiger charge is 2.30. The molecule has 6 rings (SSSR count). The molecule has 1 aliphatic rings. The largest absolute Gasteiger partial charge is 0.421 e. The molecule has 2 aromatic carbocycles. The van der Waals surface area contributed by atoms with Crippen molar-refractivity contribution in [1.29, 1.82) is 0 Å². The summed E-state index contributed by atoms with van der Waals surface area (Å²) in [7, 11) is 1.65. The van der Waals surface area contributed by atoms with Gasteiger partial charge in [-0.3, -0.25) is 4.79 Å². The molecular weight excluding hydrogens is 559 g/mol. The van der Waals surface area contributed by atoms with Crippen LogP contribution in [-0.2, 0) is 11.8 Å². The van der Waals surface area contributed by atoms with E-state index in [0.717, 1.165) is 12.8 Å². The highest BCUT2D eigenvalue weighted by atomic mass is 19.3. The van der Waals surface area contributed by atoms with Crippen LogP contribution in [0.15, 0.2) is 67.1 Å². The van der Waals surface area contributed by atoms with Crippen molar-refractivity contribution in [1.82, 2.24) is 24.5 Å². The van der Waals surface area contributed by atoms with Crippen LogP contribution in [0.5, 0.6) is 11.8 Å². The molecular formula is C31H26F3N7O2. The first-order valence-corrected chi connectivity index (χ1v) is 13.4. The minimum atomic E-state index is -2.91. The molecule has 0 saturated heterocycles. The van der Waals surface area contributed by atoms with E-state index in [1.54, 1.807) is 30.7 Å². The van der Waals surface area contributed by atoms with Gasteiger partial charge in [0.15, 0.2) is 11.6 Å². The summed E-state index contributed by atoms with van der Waals surface area (Å²) in [5, 5.41) is 3.04. The molecule has 3 N–H and O–H groups in total. The molecule has 12 heteroatoms. The van der Waals surface area contributed by atoms with Crippen LogP contribution >= 0.6 is 0 Å². The van der Waals surface area contributed by atoms with E-state index in [0.29, 0.717) is 39.1 Å². The van der Waals surface area contributed by atoms with Crippen molar-refractivity contribution in [3.63, 3.8) is 0 Å². The number of benzene rings is 2. The lowest BCUT2D eigenvalue weighted by atomic mass is 9.95. The van der Waals surface area contributed by atoms with E-state index < -0.39 is 18.1 Å². The molecule has 218 valence electrons. The average Bonchev–Trinajstić information content (AvgIpc) is 3.78. The molecule has 3 aromatic heterocycles. The quantitative estimate of drug-likeness (QED) is 0.193. The molecule has 0 atom stereocenters. The summed E-state index contributed by atoms with van der Waals surface area (Å²) in [4.78, 5) is 29.2. The normalized spacial score (nSPS) is 13.0. The number of amides is 1. The second-order valence-corrected chi connectivity index (χ2v) is 10.3. The first-order chi connectivity index (χ1) is 20.6. The zero-order valence-electron chi connectivity index (χ0n) is 23.2. The molecule has 0 radical (unpaired) electrons. The minimum absolute atomic E-state index is 0.0235. The van der Waals surface area contributed by atoms with Crippen molar-refractivity contribution >= 4 is 28.4 Å². The number of aromatic nitrogens is 5. The number of fused-ring (bicyclic) bond motifs is 1. The van der Waals surface area contributed by atoms with Crippen LogP contribution in [0.1, 0.15) is 30.5 Å². The lowest BCUT2D eigenvalue weighted by Crippen LogP contribution is -2.15. The van der Waals surface area contributed by atoms with E-state index in [2.05, 4.69) is 31.8 Å². The standard InChI is InChI=1S/C31H26F3N7O2/c1-15-10-11-36-31(39-15)43-23-9-6-18(12-22(23)32)24-25-28(35)37-14-38-29(25)41(3)26(24)20-8-7-19(13-21(20)27(33)34)40-30(42)16(2)17-4-5-17/h6-14,17,27H,2,4-5H2,1,3H3,(H,40,42)(H2,35,37,38). The molecule has 1 aliphatic carbocycles. The minimum Gasteiger partial charge on any atom is -0.421 e. The van der Waals surface area contributed by atoms with Crippen molar-refractivity contribution in [2.75, 3.05) is 11.1 Å². The lowest BCUT2D eigenvalue weighted by molar-refractivity contribution is -0.113. The van der Waals surface area contributed by atoms with Gasteiger partial charge in [0.2, 0.25) is 0 Å². The van der Waals surface area contributed by atoms with Crippen LogP contribution in [0.2, 0.25) is 0 Å². The maximum atomic E-state index is 15.5. The Hall–Kier alpha value is -5.26. The number of rotatable bonds is 8. The number of aryl methyl sites for hydroxylation is 2. The van der Waals surface area contributed by atoms with Crippen LogP contribution < -0.4 is 15.8 Å². The van der Waals surface area contributed by atoms with E-state index in [9.17, 15) is 13.6 Å². The highest BCUT2D eigenvalue weighted by molar-refractivity contribution is 6.08. The van der Waals surface area contributed by atoms with Gasteiger partial charge in [-0.25, -0.2) is 33.1 Å². The molecule has 1 fully saturated rings. The van der Waals surface area contributed by atoms with Gasteiger partial charge in [0, 0.05) is 46.9 Å². The summed E-state index contributed by atoms with van der Waals surface area (Å²) in [6, 6.07) is 10.1. The van der Waals surface area contributed by atoms with Crippen LogP contribution in [0.25, 0.3) is 33.4 Å². The molecule has 43 heavy (non-hydrogen) atoms. The molecule has 0 unspecified atom stereocenters. The third-order valence-corrected chi connectivity index (χ3v) is 7.35. The number of anilines is 2. The zero-order valence-corrected chi connectivity index (χ0v) is 23.2. The first kappa shape index (κ1) is 27.9. The summed E-state index contributed by atoms with van der Waals surface area (Å²) in [5.41, 5.74) is 8.72. The smallest absolute Gasteiger partial charge is 0.322 e. The Balaban J connectivity index is 1.47. The van der Waals surface area contributed by atoms with Crippen LogP contribution in [-0.4, -0.2) is 30.4 Å². The number of nitrogen functional groups attached to an aromatic ring is 1. The van der Waals surface area contributed by atoms with Crippen molar-refractivity contribution in [2.24, 2.45) is 13.0 Å². The zero-order chi connectivity index (χ0) is 30.4. The molecule has 9 nitrogen and oxygen atoms in total. The molecule has 1 amide bonds. The second-order valence-electron chi connectivity index (χ2n) is 10.3. The van der Waals surface area contributed by atoms with Gasteiger partial charge in [-0.2, -0.15) is 0 Å². The highest BCUT2D eigenvalue weighted by Crippen LogP contribution is 2.45. The first-order valence-electron chi connectivity index (χ1n) is 13.4. The second kappa shape index (κ2) is 10.9. The number of nitrogens with zero attached hydrogens (tertiary/aromatic N) is 5. The van der Waals surface area contributed by atoms with E-state index in [1.165, 1.54) is 42.9 Å². The molecule has 5 aromatic rings. The summed E-state index contributed by atoms with van der Waals surface area (Å²) >= 11 is 0. The third kappa shape index (κ3) is 5.27. The molecule has 1 saturated carbocycles. The summed E-state index contributed by atoms with van der Waals surface area (Å²) < 4.78 is 51.8. The number of halogens is 3. The Labute approximate surface area is 244 Å². The number of ether oxygens (including phenoxy) is 1. The number of carbonyl (C=O) groups excluding carboxylic acids is 1. The Morgan fingerprint density at radius 1 is 1.14 bits per heavy atom. The number of nitrogens with two attached hydrogens (primary N) is 1. The number of hydrogen-bond donors (Lipinski definition) is 2. The van der Waals surface area contributed by atoms with Gasteiger partial charge >= 0.3 is 6.01 Å². The summed E-state index contributed by atoms with van der Waals surface area (Å²) in [6.45, 7) is 5.58. The number of nitrogens with one attached hydrogen (secondary N) is 1. The van der Waals surface area contributed by atoms with Crippen molar-refractivity contribution in [2.45, 2.75) is 26.2 Å². The molecule has 0 spiro atoms. The lowest BCUT2D eigenvalue weighted by Gasteiger charge is -2.16. The molecule has 0 bridgehead atoms. The predicted octanol–water partition coefficient (Wildman–Crippen LogP) is 6.76. The predicted molar refractivity (Wildman–Crippen MR) is 156 cm³/mol. The number of carbonyl (C=O) groups is 1. The molecule has 0 aliphatic heterocycles. The van der Waals surface area contributed by atoms with Gasteiger partial charge < -0.3 is 20.4 Å². The number of hydrogen-bond acceptors (Lipinski definition) is 7. The van der Waals surface area contributed by atoms with Gasteiger partial charge in [-0.05, 0) is 61.6 Å². The average molecular weight is 586 g/mol. The SMILES string of the molecule is C=C(C(=O)Nc1ccc(-c2c(-c3ccc(Oc4nccc(C)n4)c(F)c3)c3c(N)ncnc3n2C)c(C(F)F)c1)C1CC1. The van der Waals surface area contributed by atoms with Crippen LogP contribution in [0.3, 0.4) is 0 Å². The Bertz CT molecular complexity index is 1920. The fraction of sp³-hybridized carbons (Fsp3) is 0.194. The maximum absolute atomic E-state index is 15.5. The third-order valence-electron chi connectivity index (χ3n) is 7.35. The van der Waals surface area contributed by atoms with E-state index >= 15 is 4.39 Å². The monoisotopic (exact) mass is 585 g/mol. The topological polar surface area (TPSA) is 121 Å². The van der Waals surface area contributed by atoms with Crippen molar-refractivity contribution in [3.05, 3.63) is 84.2 Å². The summed E-state index contributed by atoms with van der Waals surface area (Å²) in [5.74, 6) is -1.04. The van der Waals surface area contributed by atoms with Gasteiger partial charge in [-0.1, -0.05) is 18.7 Å². The Kier molecular flexibility index (Phi) is 7.04. The van der Waals surface area contributed by atoms with Crippen molar-refractivity contribution < 1.29 is 22.7 Å². The summed E-state index contributed by atoms with van der Waals surface area (Å²) in [6.07, 6.45) is 1.63. The van der Waals surface area contributed by atoms with E-state index in [4.69, 9.17) is 10.5 Å². The molecule has 3 heterocycles. The van der Waals surface area contributed by atoms with Crippen molar-refractivity contribution in [3.8, 4) is 34.1 Å². The van der Waals surface area contributed by atoms with Gasteiger partial charge in [0.05, 0.1) is 11.1 Å². The van der Waals surface area contributed by atoms with E-state index in [1.807, 2.05) is 0 Å². The fourth-order valence-corrected chi connectivity index (χ4v) is 5.05. The Morgan fingerprint density at radius 3 is 2.63 bits per heavy atom. The maximum Gasteiger partial charge on any atom is 0.322 e. The van der Waals surface area contributed by atoms with Gasteiger partial charge in [0.25, 0.3) is 12.3 Å². The van der Waals surface area contributed by atoms with Crippen LogP contribution in [0, 0.1) is 18.7 Å². The fourth-order valence-electron chi connectivity index (χ4n) is 5.05. The Morgan fingerprint density at radius 2 is 1.93 bits per heavy atom. The van der Waals surface area contributed by atoms with E-state index in [-0.39, 0.29) is 40.3 Å². The van der Waals surface area contributed by atoms with Crippen LogP contribution in [0.4, 0.5) is 24.7 Å². The van der Waals surface area contributed by atoms with Gasteiger partial charge in [0.1, 0.15) is 17.8 Å². The van der Waals surface area contributed by atoms with Gasteiger partial charge in [-0.15, -0.1) is 0 Å². The number of alkyl halides is 2.